The van der Waals surface area contributed by atoms with E-state index in [-0.39, 0.29) is 5.56 Å². The first-order chi connectivity index (χ1) is 10.7. The Bertz CT molecular complexity index is 616. The van der Waals surface area contributed by atoms with Gasteiger partial charge in [-0.3, -0.25) is 0 Å². The van der Waals surface area contributed by atoms with E-state index >= 15 is 0 Å². The third-order valence-electron chi connectivity index (χ3n) is 3.08. The largest absolute Gasteiger partial charge is 0.460 e. The molecule has 0 aliphatic carbocycles. The van der Waals surface area contributed by atoms with Crippen molar-refractivity contribution in [3.8, 4) is 6.07 Å². The molecule has 0 heterocycles. The van der Waals surface area contributed by atoms with Gasteiger partial charge in [0.15, 0.2) is 0 Å². The van der Waals surface area contributed by atoms with Crippen molar-refractivity contribution in [2.45, 2.75) is 36.5 Å². The highest BCUT2D eigenvalue weighted by atomic mass is 19.4. The van der Waals surface area contributed by atoms with E-state index in [1.807, 2.05) is 0 Å². The summed E-state index contributed by atoms with van der Waals surface area (Å²) < 4.78 is 114. The maximum Gasteiger partial charge on any atom is 0.460 e. The summed E-state index contributed by atoms with van der Waals surface area (Å²) in [5, 5.41) is 17.9. The molecule has 0 bridgehead atoms. The molecule has 0 spiro atoms. The Hall–Kier alpha value is -1.96. The number of alkyl halides is 9. The van der Waals surface area contributed by atoms with Crippen molar-refractivity contribution in [2.75, 3.05) is 0 Å². The Balaban J connectivity index is 3.08. The lowest BCUT2D eigenvalue weighted by molar-refractivity contribution is -0.398. The molecule has 24 heavy (non-hydrogen) atoms. The molecule has 1 rings (SSSR count). The van der Waals surface area contributed by atoms with Crippen LogP contribution in [0.4, 0.5) is 39.5 Å². The zero-order valence-electron chi connectivity index (χ0n) is 11.4. The summed E-state index contributed by atoms with van der Waals surface area (Å²) in [6.45, 7) is 0. The molecule has 0 saturated carbocycles. The number of nitrogens with zero attached hydrogens (tertiary/aromatic N) is 1. The fourth-order valence-electron chi connectivity index (χ4n) is 1.68. The summed E-state index contributed by atoms with van der Waals surface area (Å²) in [5.41, 5.74) is -0.438. The van der Waals surface area contributed by atoms with Gasteiger partial charge in [0.1, 0.15) is 0 Å². The van der Waals surface area contributed by atoms with Crippen molar-refractivity contribution in [1.82, 2.24) is 0 Å². The predicted molar refractivity (Wildman–Crippen MR) is 61.6 cm³/mol. The maximum absolute atomic E-state index is 13.4. The standard InChI is InChI=1S/C13H8F9NO/c14-10(15,11(16,17)12(18,19)13(20,21)22)5-9(24)8-3-1-7(6-23)2-4-8/h1-4,9,24H,5H2. The second-order valence-corrected chi connectivity index (χ2v) is 4.80. The van der Waals surface area contributed by atoms with E-state index in [4.69, 9.17) is 5.26 Å². The first-order valence-corrected chi connectivity index (χ1v) is 6.05. The summed E-state index contributed by atoms with van der Waals surface area (Å²) in [7, 11) is 0. The first kappa shape index (κ1) is 20.1. The number of hydrogen-bond acceptors (Lipinski definition) is 2. The average molecular weight is 365 g/mol. The topological polar surface area (TPSA) is 44.0 Å². The van der Waals surface area contributed by atoms with Gasteiger partial charge in [-0.25, -0.2) is 0 Å². The maximum atomic E-state index is 13.4. The van der Waals surface area contributed by atoms with Crippen LogP contribution >= 0.6 is 0 Å². The lowest BCUT2D eigenvalue weighted by atomic mass is 9.95. The molecule has 0 saturated heterocycles. The molecule has 1 atom stereocenters. The van der Waals surface area contributed by atoms with E-state index in [9.17, 15) is 44.6 Å². The highest BCUT2D eigenvalue weighted by molar-refractivity contribution is 5.32. The van der Waals surface area contributed by atoms with E-state index in [0.29, 0.717) is 0 Å². The van der Waals surface area contributed by atoms with Gasteiger partial charge in [-0.1, -0.05) is 12.1 Å². The SMILES string of the molecule is N#Cc1ccc(C(O)CC(F)(F)C(F)(F)C(F)(F)C(F)(F)F)cc1. The van der Waals surface area contributed by atoms with E-state index in [1.165, 1.54) is 0 Å². The fraction of sp³-hybridized carbons (Fsp3) is 0.462. The number of aliphatic hydroxyl groups excluding tert-OH is 1. The predicted octanol–water partition coefficient (Wildman–Crippen LogP) is 4.45. The Morgan fingerprint density at radius 2 is 1.33 bits per heavy atom. The average Bonchev–Trinajstić information content (AvgIpc) is 2.45. The Kier molecular flexibility index (Phi) is 5.15. The molecule has 1 aromatic rings. The molecule has 0 aliphatic heterocycles. The minimum absolute atomic E-state index is 0.0200. The van der Waals surface area contributed by atoms with Crippen LogP contribution in [-0.2, 0) is 0 Å². The smallest absolute Gasteiger partial charge is 0.388 e. The Labute approximate surface area is 129 Å². The molecule has 11 heteroatoms. The van der Waals surface area contributed by atoms with E-state index in [0.717, 1.165) is 24.3 Å². The number of benzene rings is 1. The number of hydrogen-bond donors (Lipinski definition) is 1. The van der Waals surface area contributed by atoms with E-state index < -0.39 is 42.0 Å². The molecule has 0 aliphatic rings. The molecule has 134 valence electrons. The van der Waals surface area contributed by atoms with Crippen LogP contribution in [0.3, 0.4) is 0 Å². The lowest BCUT2D eigenvalue weighted by Gasteiger charge is -2.34. The Morgan fingerprint density at radius 3 is 1.71 bits per heavy atom. The quantitative estimate of drug-likeness (QED) is 0.784. The minimum Gasteiger partial charge on any atom is -0.388 e. The van der Waals surface area contributed by atoms with Crippen LogP contribution in [0.2, 0.25) is 0 Å². The van der Waals surface area contributed by atoms with E-state index in [2.05, 4.69) is 0 Å². The van der Waals surface area contributed by atoms with Crippen molar-refractivity contribution < 1.29 is 44.6 Å². The molecular formula is C13H8F9NO. The second kappa shape index (κ2) is 6.16. The number of nitriles is 1. The van der Waals surface area contributed by atoms with Crippen molar-refractivity contribution in [2.24, 2.45) is 0 Å². The summed E-state index contributed by atoms with van der Waals surface area (Å²) in [5.74, 6) is -19.6. The minimum atomic E-state index is -6.99. The van der Waals surface area contributed by atoms with Crippen molar-refractivity contribution in [3.05, 3.63) is 35.4 Å². The van der Waals surface area contributed by atoms with Crippen LogP contribution in [0.25, 0.3) is 0 Å². The van der Waals surface area contributed by atoms with Crippen molar-refractivity contribution in [1.29, 1.82) is 5.26 Å². The third-order valence-corrected chi connectivity index (χ3v) is 3.08. The normalized spacial score (nSPS) is 15.0. The van der Waals surface area contributed by atoms with Crippen LogP contribution < -0.4 is 0 Å². The van der Waals surface area contributed by atoms with Gasteiger partial charge < -0.3 is 5.11 Å². The van der Waals surface area contributed by atoms with Gasteiger partial charge >= 0.3 is 23.9 Å². The highest BCUT2D eigenvalue weighted by Gasteiger charge is 2.81. The van der Waals surface area contributed by atoms with Gasteiger partial charge in [0.25, 0.3) is 0 Å². The molecule has 1 N–H and O–H groups in total. The summed E-state index contributed by atoms with van der Waals surface area (Å²) in [6, 6.07) is 5.40. The van der Waals surface area contributed by atoms with Gasteiger partial charge in [0.05, 0.1) is 17.7 Å². The second-order valence-electron chi connectivity index (χ2n) is 4.80. The summed E-state index contributed by atoms with van der Waals surface area (Å²) >= 11 is 0. The zero-order valence-corrected chi connectivity index (χ0v) is 11.4. The summed E-state index contributed by atoms with van der Waals surface area (Å²) in [6.07, 6.45) is -11.7. The molecule has 0 fully saturated rings. The van der Waals surface area contributed by atoms with Crippen molar-refractivity contribution in [3.63, 3.8) is 0 Å². The number of aliphatic hydroxyl groups is 1. The molecule has 0 amide bonds. The van der Waals surface area contributed by atoms with Crippen molar-refractivity contribution >= 4 is 0 Å². The highest BCUT2D eigenvalue weighted by Crippen LogP contribution is 2.55. The van der Waals surface area contributed by atoms with Crippen LogP contribution in [0, 0.1) is 11.3 Å². The fourth-order valence-corrected chi connectivity index (χ4v) is 1.68. The van der Waals surface area contributed by atoms with Gasteiger partial charge in [-0.2, -0.15) is 44.8 Å². The molecular weight excluding hydrogens is 357 g/mol. The van der Waals surface area contributed by atoms with Gasteiger partial charge in [0, 0.05) is 6.42 Å². The Morgan fingerprint density at radius 1 is 0.875 bits per heavy atom. The van der Waals surface area contributed by atoms with Gasteiger partial charge in [-0.05, 0) is 17.7 Å². The molecule has 0 radical (unpaired) electrons. The zero-order chi connectivity index (χ0) is 19.0. The molecule has 1 unspecified atom stereocenters. The monoisotopic (exact) mass is 365 g/mol. The van der Waals surface area contributed by atoms with Crippen LogP contribution in [-0.4, -0.2) is 29.1 Å². The van der Waals surface area contributed by atoms with Gasteiger partial charge in [-0.15, -0.1) is 0 Å². The van der Waals surface area contributed by atoms with E-state index in [1.54, 1.807) is 6.07 Å². The summed E-state index contributed by atoms with van der Waals surface area (Å²) in [4.78, 5) is 0. The van der Waals surface area contributed by atoms with Crippen LogP contribution in [0.1, 0.15) is 23.7 Å². The molecule has 2 nitrogen and oxygen atoms in total. The first-order valence-electron chi connectivity index (χ1n) is 6.05. The van der Waals surface area contributed by atoms with Gasteiger partial charge in [0.2, 0.25) is 0 Å². The van der Waals surface area contributed by atoms with Crippen LogP contribution in [0.5, 0.6) is 0 Å². The van der Waals surface area contributed by atoms with Crippen LogP contribution in [0.15, 0.2) is 24.3 Å². The number of halogens is 9. The number of rotatable bonds is 5. The third kappa shape index (κ3) is 3.43. The molecule has 1 aromatic carbocycles. The molecule has 0 aromatic heterocycles. The lowest BCUT2D eigenvalue weighted by Crippen LogP contribution is -2.61.